The van der Waals surface area contributed by atoms with Gasteiger partial charge in [-0.25, -0.2) is 4.98 Å². The van der Waals surface area contributed by atoms with Gasteiger partial charge in [-0.1, -0.05) is 0 Å². The van der Waals surface area contributed by atoms with Crippen LogP contribution < -0.4 is 5.73 Å². The molecular formula is C19H15N5O2. The van der Waals surface area contributed by atoms with Crippen molar-refractivity contribution in [3.63, 3.8) is 0 Å². The summed E-state index contributed by atoms with van der Waals surface area (Å²) in [5.41, 5.74) is 8.73. The van der Waals surface area contributed by atoms with Crippen LogP contribution in [0.3, 0.4) is 0 Å². The van der Waals surface area contributed by atoms with E-state index in [0.29, 0.717) is 28.5 Å². The number of nitrogens with zero attached hydrogens (tertiary/aromatic N) is 4. The Morgan fingerprint density at radius 3 is 2.65 bits per heavy atom. The first kappa shape index (κ1) is 15.8. The van der Waals surface area contributed by atoms with Gasteiger partial charge in [0.2, 0.25) is 5.91 Å². The van der Waals surface area contributed by atoms with Crippen molar-refractivity contribution in [3.8, 4) is 11.5 Å². The van der Waals surface area contributed by atoms with Crippen molar-refractivity contribution in [1.82, 2.24) is 9.38 Å². The van der Waals surface area contributed by atoms with Crippen molar-refractivity contribution in [2.75, 3.05) is 0 Å². The average molecular weight is 345 g/mol. The fourth-order valence-corrected chi connectivity index (χ4v) is 2.61. The van der Waals surface area contributed by atoms with E-state index in [1.807, 2.05) is 35.7 Å². The van der Waals surface area contributed by atoms with Gasteiger partial charge in [0, 0.05) is 11.8 Å². The number of amides is 1. The van der Waals surface area contributed by atoms with E-state index in [9.17, 15) is 4.79 Å². The third kappa shape index (κ3) is 2.86. The molecule has 7 heteroatoms. The summed E-state index contributed by atoms with van der Waals surface area (Å²) in [6.45, 7) is 2.00. The van der Waals surface area contributed by atoms with Crippen molar-refractivity contribution in [2.45, 2.75) is 6.92 Å². The molecule has 2 N–H and O–H groups in total. The Labute approximate surface area is 148 Å². The first-order valence-electron chi connectivity index (χ1n) is 7.96. The molecule has 0 aliphatic carbocycles. The zero-order valence-corrected chi connectivity index (χ0v) is 14.0. The largest absolute Gasteiger partial charge is 0.463 e. The lowest BCUT2D eigenvalue weighted by Gasteiger charge is -1.99. The van der Waals surface area contributed by atoms with E-state index in [1.54, 1.807) is 36.6 Å². The summed E-state index contributed by atoms with van der Waals surface area (Å²) in [5, 5.41) is 8.64. The highest BCUT2D eigenvalue weighted by molar-refractivity contribution is 5.93. The number of aryl methyl sites for hydroxylation is 1. The fraction of sp³-hybridized carbons (Fsp3) is 0.0526. The Kier molecular flexibility index (Phi) is 3.81. The summed E-state index contributed by atoms with van der Waals surface area (Å²) in [7, 11) is 0. The molecule has 0 fully saturated rings. The normalized spacial score (nSPS) is 11.4. The third-order valence-corrected chi connectivity index (χ3v) is 3.92. The number of carbonyl (C=O) groups is 1. The van der Waals surface area contributed by atoms with Crippen LogP contribution in [0.5, 0.6) is 0 Å². The molecule has 4 rings (SSSR count). The molecule has 3 heterocycles. The highest BCUT2D eigenvalue weighted by Crippen LogP contribution is 2.32. The molecule has 0 unspecified atom stereocenters. The molecule has 0 saturated carbocycles. The zero-order valence-electron chi connectivity index (χ0n) is 14.0. The lowest BCUT2D eigenvalue weighted by molar-refractivity contribution is 0.100. The Bertz CT molecular complexity index is 1110. The topological polar surface area (TPSA) is 98.2 Å². The maximum atomic E-state index is 11.2. The van der Waals surface area contributed by atoms with Gasteiger partial charge >= 0.3 is 0 Å². The van der Waals surface area contributed by atoms with Crippen molar-refractivity contribution < 1.29 is 9.21 Å². The number of pyridine rings is 1. The van der Waals surface area contributed by atoms with Crippen LogP contribution in [0.15, 0.2) is 75.6 Å². The fourth-order valence-electron chi connectivity index (χ4n) is 2.61. The number of nitrogens with two attached hydrogens (primary N) is 1. The second kappa shape index (κ2) is 6.29. The number of benzene rings is 1. The summed E-state index contributed by atoms with van der Waals surface area (Å²) < 4.78 is 7.34. The molecule has 3 aromatic heterocycles. The van der Waals surface area contributed by atoms with E-state index >= 15 is 0 Å². The highest BCUT2D eigenvalue weighted by atomic mass is 16.3. The summed E-state index contributed by atoms with van der Waals surface area (Å²) in [6.07, 6.45) is 3.49. The van der Waals surface area contributed by atoms with E-state index in [-0.39, 0.29) is 0 Å². The molecule has 128 valence electrons. The van der Waals surface area contributed by atoms with Crippen LogP contribution in [0.2, 0.25) is 0 Å². The minimum atomic E-state index is -0.481. The number of hydrogen-bond acceptors (Lipinski definition) is 5. The third-order valence-electron chi connectivity index (χ3n) is 3.92. The van der Waals surface area contributed by atoms with Crippen molar-refractivity contribution in [1.29, 1.82) is 0 Å². The molecule has 0 radical (unpaired) electrons. The van der Waals surface area contributed by atoms with Crippen molar-refractivity contribution >= 4 is 23.1 Å². The second-order valence-electron chi connectivity index (χ2n) is 5.80. The number of imidazole rings is 1. The maximum Gasteiger partial charge on any atom is 0.248 e. The van der Waals surface area contributed by atoms with Gasteiger partial charge in [-0.05, 0) is 61.0 Å². The molecule has 0 aliphatic heterocycles. The molecule has 0 bridgehead atoms. The van der Waals surface area contributed by atoms with Gasteiger partial charge in [0.1, 0.15) is 5.65 Å². The molecule has 0 spiro atoms. The van der Waals surface area contributed by atoms with Crippen molar-refractivity contribution in [3.05, 3.63) is 72.1 Å². The van der Waals surface area contributed by atoms with Crippen LogP contribution >= 0.6 is 0 Å². The number of aromatic nitrogens is 2. The number of fused-ring (bicyclic) bond motifs is 1. The lowest BCUT2D eigenvalue weighted by Crippen LogP contribution is -2.10. The number of primary amides is 1. The van der Waals surface area contributed by atoms with Gasteiger partial charge in [0.25, 0.3) is 0 Å². The van der Waals surface area contributed by atoms with E-state index in [0.717, 1.165) is 11.2 Å². The smallest absolute Gasteiger partial charge is 0.248 e. The van der Waals surface area contributed by atoms with E-state index in [1.165, 1.54) is 0 Å². The minimum Gasteiger partial charge on any atom is -0.463 e. The number of furan rings is 1. The molecule has 26 heavy (non-hydrogen) atoms. The standard InChI is InChI=1S/C19H15N5O2/c1-12-8-9-24-16(11-12)21-17(15-3-2-10-26-15)19(24)23-22-14-6-4-13(5-7-14)18(20)25/h2-11H,1H3,(H2,20,25). The van der Waals surface area contributed by atoms with Gasteiger partial charge in [0.15, 0.2) is 17.3 Å². The van der Waals surface area contributed by atoms with Gasteiger partial charge in [0.05, 0.1) is 12.0 Å². The predicted molar refractivity (Wildman–Crippen MR) is 96.8 cm³/mol. The molecule has 0 saturated heterocycles. The second-order valence-corrected chi connectivity index (χ2v) is 5.80. The zero-order chi connectivity index (χ0) is 18.1. The molecule has 1 aromatic carbocycles. The molecular weight excluding hydrogens is 330 g/mol. The lowest BCUT2D eigenvalue weighted by atomic mass is 10.2. The average Bonchev–Trinajstić information content (AvgIpc) is 3.27. The van der Waals surface area contributed by atoms with Gasteiger partial charge in [-0.2, -0.15) is 0 Å². The first-order chi connectivity index (χ1) is 12.6. The summed E-state index contributed by atoms with van der Waals surface area (Å²) >= 11 is 0. The van der Waals surface area contributed by atoms with Crippen LogP contribution in [-0.2, 0) is 0 Å². The van der Waals surface area contributed by atoms with Crippen molar-refractivity contribution in [2.24, 2.45) is 16.0 Å². The van der Waals surface area contributed by atoms with Gasteiger partial charge in [-0.3, -0.25) is 9.20 Å². The Morgan fingerprint density at radius 2 is 1.96 bits per heavy atom. The Hall–Kier alpha value is -3.74. The van der Waals surface area contributed by atoms with Crippen LogP contribution in [0, 0.1) is 6.92 Å². The molecule has 1 amide bonds. The molecule has 0 atom stereocenters. The number of carbonyl (C=O) groups excluding carboxylic acids is 1. The summed E-state index contributed by atoms with van der Waals surface area (Å²) in [6, 6.07) is 14.2. The van der Waals surface area contributed by atoms with Gasteiger partial charge < -0.3 is 10.2 Å². The molecule has 7 nitrogen and oxygen atoms in total. The monoisotopic (exact) mass is 345 g/mol. The summed E-state index contributed by atoms with van der Waals surface area (Å²) in [5.74, 6) is 0.698. The first-order valence-corrected chi connectivity index (χ1v) is 7.96. The van der Waals surface area contributed by atoms with Crippen LogP contribution in [0.25, 0.3) is 17.1 Å². The molecule has 0 aliphatic rings. The number of azo groups is 1. The SMILES string of the molecule is Cc1ccn2c(N=Nc3ccc(C(N)=O)cc3)c(-c3ccco3)nc2c1. The maximum absolute atomic E-state index is 11.2. The predicted octanol–water partition coefficient (Wildman–Crippen LogP) is 4.42. The number of hydrogen-bond donors (Lipinski definition) is 1. The Morgan fingerprint density at radius 1 is 1.15 bits per heavy atom. The number of rotatable bonds is 4. The molecule has 4 aromatic rings. The summed E-state index contributed by atoms with van der Waals surface area (Å²) in [4.78, 5) is 15.8. The van der Waals surface area contributed by atoms with Gasteiger partial charge in [-0.15, -0.1) is 10.2 Å². The van der Waals surface area contributed by atoms with E-state index in [4.69, 9.17) is 10.2 Å². The highest BCUT2D eigenvalue weighted by Gasteiger charge is 2.16. The van der Waals surface area contributed by atoms with Crippen LogP contribution in [0.4, 0.5) is 11.5 Å². The van der Waals surface area contributed by atoms with Crippen LogP contribution in [-0.4, -0.2) is 15.3 Å². The van der Waals surface area contributed by atoms with E-state index < -0.39 is 5.91 Å². The minimum absolute atomic E-state index is 0.422. The van der Waals surface area contributed by atoms with E-state index in [2.05, 4.69) is 15.2 Å². The quantitative estimate of drug-likeness (QED) is 0.554. The Balaban J connectivity index is 1.79. The van der Waals surface area contributed by atoms with Crippen LogP contribution in [0.1, 0.15) is 15.9 Å².